The van der Waals surface area contributed by atoms with Gasteiger partial charge in [0.05, 0.1) is 17.1 Å². The van der Waals surface area contributed by atoms with Crippen molar-refractivity contribution in [1.29, 1.82) is 0 Å². The van der Waals surface area contributed by atoms with Gasteiger partial charge in [0, 0.05) is 23.3 Å². The topological polar surface area (TPSA) is 62.1 Å². The zero-order valence-electron chi connectivity index (χ0n) is 17.7. The Hall–Kier alpha value is -3.77. The van der Waals surface area contributed by atoms with Crippen molar-refractivity contribution in [3.05, 3.63) is 115 Å². The smallest absolute Gasteiger partial charge is 0.175 e. The van der Waals surface area contributed by atoms with E-state index in [9.17, 15) is 8.42 Å². The molecule has 0 aliphatic heterocycles. The van der Waals surface area contributed by atoms with Crippen molar-refractivity contribution in [2.75, 3.05) is 11.2 Å². The Morgan fingerprint density at radius 2 is 1.16 bits per heavy atom. The van der Waals surface area contributed by atoms with E-state index < -0.39 is 9.84 Å². The van der Waals surface area contributed by atoms with Crippen molar-refractivity contribution in [3.8, 4) is 0 Å². The molecule has 4 rings (SSSR count). The molecule has 0 amide bonds. The monoisotopic (exact) mass is 441 g/mol. The molecule has 0 unspecified atom stereocenters. The summed E-state index contributed by atoms with van der Waals surface area (Å²) in [6, 6.07) is 35.1. The molecular formula is C26H23N3O2S. The van der Waals surface area contributed by atoms with E-state index in [0.717, 1.165) is 22.6 Å². The van der Waals surface area contributed by atoms with Crippen LogP contribution in [0.3, 0.4) is 0 Å². The number of benzene rings is 4. The van der Waals surface area contributed by atoms with Gasteiger partial charge in [-0.2, -0.15) is 10.2 Å². The summed E-state index contributed by atoms with van der Waals surface area (Å²) in [4.78, 5) is 2.47. The lowest BCUT2D eigenvalue weighted by Crippen LogP contribution is -2.09. The van der Waals surface area contributed by atoms with Crippen LogP contribution in [0.25, 0.3) is 0 Å². The Bertz CT molecular complexity index is 1250. The maximum atomic E-state index is 11.5. The van der Waals surface area contributed by atoms with E-state index in [1.807, 2.05) is 48.5 Å². The van der Waals surface area contributed by atoms with E-state index in [2.05, 4.69) is 51.5 Å². The van der Waals surface area contributed by atoms with E-state index in [-0.39, 0.29) is 4.90 Å². The highest BCUT2D eigenvalue weighted by molar-refractivity contribution is 7.90. The van der Waals surface area contributed by atoms with Crippen LogP contribution >= 0.6 is 0 Å². The molecule has 0 spiro atoms. The average molecular weight is 442 g/mol. The fourth-order valence-electron chi connectivity index (χ4n) is 3.31. The van der Waals surface area contributed by atoms with Gasteiger partial charge in [-0.05, 0) is 66.2 Å². The van der Waals surface area contributed by atoms with Gasteiger partial charge < -0.3 is 4.90 Å². The third kappa shape index (κ3) is 5.28. The normalized spacial score (nSPS) is 11.5. The highest BCUT2D eigenvalue weighted by Gasteiger charge is 2.11. The van der Waals surface area contributed by atoms with Crippen LogP contribution in [0.2, 0.25) is 0 Å². The van der Waals surface area contributed by atoms with Gasteiger partial charge in [0.25, 0.3) is 0 Å². The van der Waals surface area contributed by atoms with Crippen LogP contribution in [0.4, 0.5) is 22.7 Å². The molecule has 0 aliphatic rings. The van der Waals surface area contributed by atoms with Crippen molar-refractivity contribution in [2.24, 2.45) is 10.2 Å². The molecule has 0 heterocycles. The van der Waals surface area contributed by atoms with Crippen LogP contribution in [0.5, 0.6) is 0 Å². The number of hydrogen-bond acceptors (Lipinski definition) is 5. The molecule has 5 nitrogen and oxygen atoms in total. The second-order valence-electron chi connectivity index (χ2n) is 7.34. The highest BCUT2D eigenvalue weighted by atomic mass is 32.2. The van der Waals surface area contributed by atoms with Crippen LogP contribution in [-0.4, -0.2) is 14.7 Å². The SMILES string of the molecule is CS(=O)(=O)c1ccc(N=NCc2ccc(N(c3ccccc3)c3ccccc3)cc2)cc1. The number of anilines is 3. The first-order valence-electron chi connectivity index (χ1n) is 10.2. The van der Waals surface area contributed by atoms with Crippen LogP contribution in [0.15, 0.2) is 124 Å². The van der Waals surface area contributed by atoms with Crippen molar-refractivity contribution >= 4 is 32.6 Å². The predicted molar refractivity (Wildman–Crippen MR) is 129 cm³/mol. The first-order valence-corrected chi connectivity index (χ1v) is 12.1. The predicted octanol–water partition coefficient (Wildman–Crippen LogP) is 6.84. The largest absolute Gasteiger partial charge is 0.311 e. The van der Waals surface area contributed by atoms with Gasteiger partial charge in [-0.15, -0.1) is 0 Å². The Kier molecular flexibility index (Phi) is 6.42. The number of sulfone groups is 1. The first-order chi connectivity index (χ1) is 15.5. The summed E-state index contributed by atoms with van der Waals surface area (Å²) >= 11 is 0. The van der Waals surface area contributed by atoms with Gasteiger partial charge in [0.15, 0.2) is 9.84 Å². The molecule has 32 heavy (non-hydrogen) atoms. The second kappa shape index (κ2) is 9.58. The summed E-state index contributed by atoms with van der Waals surface area (Å²) in [5.74, 6) is 0. The molecule has 4 aromatic carbocycles. The molecule has 0 N–H and O–H groups in total. The lowest BCUT2D eigenvalue weighted by Gasteiger charge is -2.25. The Balaban J connectivity index is 1.50. The number of rotatable bonds is 7. The maximum absolute atomic E-state index is 11.5. The Morgan fingerprint density at radius 1 is 0.656 bits per heavy atom. The van der Waals surface area contributed by atoms with Crippen molar-refractivity contribution in [3.63, 3.8) is 0 Å². The summed E-state index contributed by atoms with van der Waals surface area (Å²) < 4.78 is 23.1. The molecule has 0 saturated carbocycles. The quantitative estimate of drug-likeness (QED) is 0.295. The van der Waals surface area contributed by atoms with E-state index in [0.29, 0.717) is 12.2 Å². The van der Waals surface area contributed by atoms with Crippen LogP contribution < -0.4 is 4.90 Å². The van der Waals surface area contributed by atoms with Crippen molar-refractivity contribution in [1.82, 2.24) is 0 Å². The standard InChI is InChI=1S/C26H23N3O2S/c1-32(30,31)26-18-14-22(15-19-26)28-27-20-21-12-16-25(17-13-21)29(23-8-4-2-5-9-23)24-10-6-3-7-11-24/h2-19H,20H2,1H3. The second-order valence-corrected chi connectivity index (χ2v) is 9.35. The zero-order valence-corrected chi connectivity index (χ0v) is 18.5. The average Bonchev–Trinajstić information content (AvgIpc) is 2.81. The molecule has 4 aromatic rings. The molecular weight excluding hydrogens is 418 g/mol. The number of azo groups is 1. The number of nitrogens with zero attached hydrogens (tertiary/aromatic N) is 3. The van der Waals surface area contributed by atoms with Gasteiger partial charge in [0.1, 0.15) is 0 Å². The molecule has 0 atom stereocenters. The minimum Gasteiger partial charge on any atom is -0.311 e. The van der Waals surface area contributed by atoms with Gasteiger partial charge in [-0.1, -0.05) is 48.5 Å². The number of hydrogen-bond donors (Lipinski definition) is 0. The Labute approximate surface area is 188 Å². The molecule has 0 radical (unpaired) electrons. The minimum absolute atomic E-state index is 0.272. The van der Waals surface area contributed by atoms with Crippen LogP contribution in [0, 0.1) is 0 Å². The van der Waals surface area contributed by atoms with Gasteiger partial charge in [-0.25, -0.2) is 8.42 Å². The fourth-order valence-corrected chi connectivity index (χ4v) is 3.94. The van der Waals surface area contributed by atoms with E-state index in [1.165, 1.54) is 6.26 Å². The van der Waals surface area contributed by atoms with E-state index in [1.54, 1.807) is 24.3 Å². The lowest BCUT2D eigenvalue weighted by molar-refractivity contribution is 0.602. The van der Waals surface area contributed by atoms with E-state index in [4.69, 9.17) is 0 Å². The summed E-state index contributed by atoms with van der Waals surface area (Å²) in [6.45, 7) is 0.435. The summed E-state index contributed by atoms with van der Waals surface area (Å²) in [6.07, 6.45) is 1.18. The molecule has 0 aromatic heterocycles. The molecule has 0 bridgehead atoms. The van der Waals surface area contributed by atoms with Gasteiger partial charge in [-0.3, -0.25) is 0 Å². The van der Waals surface area contributed by atoms with Crippen molar-refractivity contribution < 1.29 is 8.42 Å². The van der Waals surface area contributed by atoms with Crippen LogP contribution in [-0.2, 0) is 16.4 Å². The molecule has 6 heteroatoms. The Morgan fingerprint density at radius 3 is 1.66 bits per heavy atom. The van der Waals surface area contributed by atoms with Gasteiger partial charge >= 0.3 is 0 Å². The fraction of sp³-hybridized carbons (Fsp3) is 0.0769. The third-order valence-corrected chi connectivity index (χ3v) is 6.06. The summed E-state index contributed by atoms with van der Waals surface area (Å²) in [7, 11) is -3.21. The highest BCUT2D eigenvalue weighted by Crippen LogP contribution is 2.34. The maximum Gasteiger partial charge on any atom is 0.175 e. The summed E-state index contributed by atoms with van der Waals surface area (Å²) in [5, 5.41) is 8.45. The molecule has 0 aliphatic carbocycles. The number of para-hydroxylation sites is 2. The van der Waals surface area contributed by atoms with Crippen molar-refractivity contribution in [2.45, 2.75) is 11.4 Å². The molecule has 0 fully saturated rings. The zero-order chi connectivity index (χ0) is 22.4. The third-order valence-electron chi connectivity index (χ3n) is 4.93. The van der Waals surface area contributed by atoms with E-state index >= 15 is 0 Å². The van der Waals surface area contributed by atoms with Gasteiger partial charge in [0.2, 0.25) is 0 Å². The summed E-state index contributed by atoms with van der Waals surface area (Å²) in [5.41, 5.74) is 4.88. The lowest BCUT2D eigenvalue weighted by atomic mass is 10.1. The first kappa shape index (κ1) is 21.5. The molecule has 160 valence electrons. The minimum atomic E-state index is -3.21. The van der Waals surface area contributed by atoms with Crippen LogP contribution in [0.1, 0.15) is 5.56 Å². The molecule has 0 saturated heterocycles.